The second-order valence-electron chi connectivity index (χ2n) is 9.23. The predicted molar refractivity (Wildman–Crippen MR) is 109 cm³/mol. The summed E-state index contributed by atoms with van der Waals surface area (Å²) in [4.78, 5) is 17.0. The van der Waals surface area contributed by atoms with E-state index in [0.717, 1.165) is 38.2 Å². The van der Waals surface area contributed by atoms with Crippen LogP contribution in [0.4, 0.5) is 18.9 Å². The summed E-state index contributed by atoms with van der Waals surface area (Å²) in [6.45, 7) is 2.99. The zero-order valence-corrected chi connectivity index (χ0v) is 17.7. The van der Waals surface area contributed by atoms with Gasteiger partial charge in [-0.25, -0.2) is 0 Å². The van der Waals surface area contributed by atoms with Crippen molar-refractivity contribution in [3.05, 3.63) is 29.3 Å². The summed E-state index contributed by atoms with van der Waals surface area (Å²) in [6.07, 6.45) is 0.287. The van der Waals surface area contributed by atoms with Crippen LogP contribution in [0.2, 0.25) is 0 Å². The van der Waals surface area contributed by atoms with Gasteiger partial charge in [-0.05, 0) is 37.5 Å². The summed E-state index contributed by atoms with van der Waals surface area (Å²) in [7, 11) is 1.66. The number of halogens is 3. The molecule has 168 valence electrons. The molecule has 1 aromatic rings. The van der Waals surface area contributed by atoms with Crippen LogP contribution in [0.15, 0.2) is 18.2 Å². The molecule has 0 bridgehead atoms. The highest BCUT2D eigenvalue weighted by Crippen LogP contribution is 2.45. The molecule has 1 amide bonds. The van der Waals surface area contributed by atoms with E-state index in [1.165, 1.54) is 6.07 Å². The van der Waals surface area contributed by atoms with E-state index >= 15 is 0 Å². The minimum Gasteiger partial charge on any atom is -0.384 e. The van der Waals surface area contributed by atoms with E-state index < -0.39 is 11.7 Å². The van der Waals surface area contributed by atoms with Crippen LogP contribution in [0.25, 0.3) is 0 Å². The molecular formula is C23H28F3N3O2. The van der Waals surface area contributed by atoms with Crippen LogP contribution in [-0.4, -0.2) is 50.7 Å². The normalized spacial score (nSPS) is 26.7. The first-order valence-corrected chi connectivity index (χ1v) is 10.9. The van der Waals surface area contributed by atoms with Crippen LogP contribution >= 0.6 is 0 Å². The monoisotopic (exact) mass is 435 g/mol. The zero-order chi connectivity index (χ0) is 22.2. The molecular weight excluding hydrogens is 407 g/mol. The van der Waals surface area contributed by atoms with E-state index in [-0.39, 0.29) is 28.7 Å². The quantitative estimate of drug-likeness (QED) is 0.716. The molecule has 1 saturated carbocycles. The molecule has 2 saturated heterocycles. The molecule has 0 spiro atoms. The highest BCUT2D eigenvalue weighted by atomic mass is 19.4. The van der Waals surface area contributed by atoms with Crippen LogP contribution < -0.4 is 4.90 Å². The molecule has 3 aliphatic rings. The van der Waals surface area contributed by atoms with E-state index in [2.05, 4.69) is 0 Å². The fourth-order valence-electron chi connectivity index (χ4n) is 5.70. The van der Waals surface area contributed by atoms with Gasteiger partial charge < -0.3 is 14.5 Å². The third-order valence-electron chi connectivity index (χ3n) is 7.37. The first-order chi connectivity index (χ1) is 14.8. The van der Waals surface area contributed by atoms with Crippen LogP contribution in [-0.2, 0) is 15.7 Å². The number of ether oxygens (including phenoxy) is 1. The topological polar surface area (TPSA) is 56.6 Å². The van der Waals surface area contributed by atoms with E-state index in [1.54, 1.807) is 19.2 Å². The molecule has 1 aromatic carbocycles. The lowest BCUT2D eigenvalue weighted by Crippen LogP contribution is -2.49. The lowest BCUT2D eigenvalue weighted by molar-refractivity contribution is -0.137. The number of amides is 1. The van der Waals surface area contributed by atoms with Gasteiger partial charge in [0.05, 0.1) is 23.8 Å². The average molecular weight is 435 g/mol. The van der Waals surface area contributed by atoms with E-state index in [4.69, 9.17) is 10.00 Å². The lowest BCUT2D eigenvalue weighted by atomic mass is 9.73. The smallest absolute Gasteiger partial charge is 0.384 e. The summed E-state index contributed by atoms with van der Waals surface area (Å²) < 4.78 is 45.8. The molecule has 31 heavy (non-hydrogen) atoms. The van der Waals surface area contributed by atoms with Crippen molar-refractivity contribution in [1.82, 2.24) is 4.90 Å². The maximum atomic E-state index is 13.4. The molecule has 8 heteroatoms. The SMILES string of the molecule is COC[C@@]12CCN(c3ccc(C#N)c(C(F)(F)F)c3)C[C@@H]1CN(C(=O)C1CCCC1)C2. The Labute approximate surface area is 180 Å². The van der Waals surface area contributed by atoms with Crippen molar-refractivity contribution in [3.8, 4) is 6.07 Å². The Balaban J connectivity index is 1.55. The molecule has 4 rings (SSSR count). The van der Waals surface area contributed by atoms with Gasteiger partial charge in [-0.1, -0.05) is 12.8 Å². The zero-order valence-electron chi connectivity index (χ0n) is 17.7. The predicted octanol–water partition coefficient (Wildman–Crippen LogP) is 4.07. The van der Waals surface area contributed by atoms with Crippen molar-refractivity contribution in [1.29, 1.82) is 5.26 Å². The number of methoxy groups -OCH3 is 1. The van der Waals surface area contributed by atoms with Crippen LogP contribution in [0, 0.1) is 28.6 Å². The molecule has 2 aliphatic heterocycles. The molecule has 0 N–H and O–H groups in total. The molecule has 2 heterocycles. The van der Waals surface area contributed by atoms with E-state index in [1.807, 2.05) is 9.80 Å². The molecule has 0 aromatic heterocycles. The number of rotatable bonds is 4. The van der Waals surface area contributed by atoms with Gasteiger partial charge in [0, 0.05) is 56.2 Å². The number of piperidine rings is 1. The third kappa shape index (κ3) is 4.12. The fraction of sp³-hybridized carbons (Fsp3) is 0.652. The Morgan fingerprint density at radius 1 is 1.29 bits per heavy atom. The fourth-order valence-corrected chi connectivity index (χ4v) is 5.70. The van der Waals surface area contributed by atoms with Gasteiger partial charge in [-0.15, -0.1) is 0 Å². The number of nitriles is 1. The van der Waals surface area contributed by atoms with Crippen LogP contribution in [0.5, 0.6) is 0 Å². The Morgan fingerprint density at radius 3 is 2.68 bits per heavy atom. The first kappa shape index (κ1) is 21.9. The number of carbonyl (C=O) groups is 1. The van der Waals surface area contributed by atoms with Gasteiger partial charge in [-0.2, -0.15) is 18.4 Å². The molecule has 5 nitrogen and oxygen atoms in total. The van der Waals surface area contributed by atoms with E-state index in [9.17, 15) is 18.0 Å². The van der Waals surface area contributed by atoms with Crippen molar-refractivity contribution in [3.63, 3.8) is 0 Å². The number of alkyl halides is 3. The summed E-state index contributed by atoms with van der Waals surface area (Å²) in [6, 6.07) is 5.56. The number of likely N-dealkylation sites (tertiary alicyclic amines) is 1. The van der Waals surface area contributed by atoms with Crippen molar-refractivity contribution < 1.29 is 22.7 Å². The minimum absolute atomic E-state index is 0.115. The molecule has 0 radical (unpaired) electrons. The van der Waals surface area contributed by atoms with Crippen molar-refractivity contribution in [2.24, 2.45) is 17.3 Å². The molecule has 3 fully saturated rings. The summed E-state index contributed by atoms with van der Waals surface area (Å²) in [5.74, 6) is 0.479. The third-order valence-corrected chi connectivity index (χ3v) is 7.37. The van der Waals surface area contributed by atoms with Gasteiger partial charge in [0.15, 0.2) is 0 Å². The second kappa shape index (κ2) is 8.34. The van der Waals surface area contributed by atoms with Gasteiger partial charge in [-0.3, -0.25) is 4.79 Å². The highest BCUT2D eigenvalue weighted by Gasteiger charge is 2.51. The molecule has 0 unspecified atom stereocenters. The Bertz CT molecular complexity index is 876. The maximum absolute atomic E-state index is 13.4. The maximum Gasteiger partial charge on any atom is 0.417 e. The van der Waals surface area contributed by atoms with Crippen LogP contribution in [0.1, 0.15) is 43.2 Å². The highest BCUT2D eigenvalue weighted by molar-refractivity contribution is 5.79. The molecule has 2 atom stereocenters. The number of carbonyl (C=O) groups excluding carboxylic acids is 1. The Hall–Kier alpha value is -2.27. The standard InChI is InChI=1S/C23H28F3N3O2/c1-31-15-22-8-9-28(19-7-6-17(11-27)20(10-19)23(24,25)26)12-18(22)13-29(14-22)21(30)16-4-2-3-5-16/h6-7,10,16,18H,2-5,8-9,12-15H2,1H3/t18-,22+/m1/s1. The van der Waals surface area contributed by atoms with Gasteiger partial charge in [0.25, 0.3) is 0 Å². The van der Waals surface area contributed by atoms with Crippen molar-refractivity contribution in [2.75, 3.05) is 44.8 Å². The number of hydrogen-bond acceptors (Lipinski definition) is 4. The minimum atomic E-state index is -4.57. The number of benzene rings is 1. The summed E-state index contributed by atoms with van der Waals surface area (Å²) in [5.41, 5.74) is -0.946. The van der Waals surface area contributed by atoms with Crippen LogP contribution in [0.3, 0.4) is 0 Å². The van der Waals surface area contributed by atoms with Crippen molar-refractivity contribution in [2.45, 2.75) is 38.3 Å². The van der Waals surface area contributed by atoms with Gasteiger partial charge in [0.1, 0.15) is 0 Å². The number of fused-ring (bicyclic) bond motifs is 1. The molecule has 1 aliphatic carbocycles. The average Bonchev–Trinajstić information content (AvgIpc) is 3.40. The largest absolute Gasteiger partial charge is 0.417 e. The lowest BCUT2D eigenvalue weighted by Gasteiger charge is -2.44. The second-order valence-corrected chi connectivity index (χ2v) is 9.23. The number of hydrogen-bond donors (Lipinski definition) is 0. The van der Waals surface area contributed by atoms with Gasteiger partial charge >= 0.3 is 6.18 Å². The van der Waals surface area contributed by atoms with E-state index in [0.29, 0.717) is 38.5 Å². The first-order valence-electron chi connectivity index (χ1n) is 10.9. The van der Waals surface area contributed by atoms with Crippen molar-refractivity contribution >= 4 is 11.6 Å². The summed E-state index contributed by atoms with van der Waals surface area (Å²) >= 11 is 0. The Kier molecular flexibility index (Phi) is 5.91. The Morgan fingerprint density at radius 2 is 2.03 bits per heavy atom. The number of nitrogens with zero attached hydrogens (tertiary/aromatic N) is 3. The number of anilines is 1. The van der Waals surface area contributed by atoms with Gasteiger partial charge in [0.2, 0.25) is 5.91 Å². The summed E-state index contributed by atoms with van der Waals surface area (Å²) in [5, 5.41) is 9.06.